The van der Waals surface area contributed by atoms with Crippen LogP contribution in [0.5, 0.6) is 5.75 Å². The van der Waals surface area contributed by atoms with Gasteiger partial charge in [-0.3, -0.25) is 10.1 Å². The molecular weight excluding hydrogens is 344 g/mol. The van der Waals surface area contributed by atoms with Crippen LogP contribution in [0.4, 0.5) is 5.69 Å². The van der Waals surface area contributed by atoms with E-state index < -0.39 is 0 Å². The fourth-order valence-corrected chi connectivity index (χ4v) is 2.80. The van der Waals surface area contributed by atoms with Crippen LogP contribution in [0.1, 0.15) is 10.4 Å². The number of aromatic hydroxyl groups is 1. The SMILES string of the molecule is O=C(NC(=S)Nc1cccc2c(O)cccc12)c1ccccc1Cl. The summed E-state index contributed by atoms with van der Waals surface area (Å²) < 4.78 is 0. The number of phenols is 1. The molecule has 0 saturated carbocycles. The standard InChI is InChI=1S/C18H13ClN2O2S/c19-14-8-2-1-5-13(14)17(23)21-18(24)20-15-9-3-7-12-11(15)6-4-10-16(12)22/h1-10,22H,(H2,20,21,23,24). The van der Waals surface area contributed by atoms with Crippen LogP contribution < -0.4 is 10.6 Å². The summed E-state index contributed by atoms with van der Waals surface area (Å²) in [5, 5.41) is 17.5. The molecular formula is C18H13ClN2O2S. The molecule has 6 heteroatoms. The molecule has 120 valence electrons. The first-order valence-corrected chi connectivity index (χ1v) is 7.92. The average Bonchev–Trinajstić information content (AvgIpc) is 2.56. The number of nitrogens with one attached hydrogen (secondary N) is 2. The molecule has 0 saturated heterocycles. The molecule has 1 amide bonds. The smallest absolute Gasteiger partial charge is 0.258 e. The fourth-order valence-electron chi connectivity index (χ4n) is 2.37. The van der Waals surface area contributed by atoms with Gasteiger partial charge in [0.2, 0.25) is 0 Å². The molecule has 4 nitrogen and oxygen atoms in total. The Morgan fingerprint density at radius 1 is 0.958 bits per heavy atom. The van der Waals surface area contributed by atoms with Crippen LogP contribution >= 0.6 is 23.8 Å². The van der Waals surface area contributed by atoms with Crippen LogP contribution in [-0.4, -0.2) is 16.1 Å². The lowest BCUT2D eigenvalue weighted by Crippen LogP contribution is -2.34. The summed E-state index contributed by atoms with van der Waals surface area (Å²) in [7, 11) is 0. The molecule has 3 aromatic rings. The van der Waals surface area contributed by atoms with Gasteiger partial charge in [-0.2, -0.15) is 0 Å². The summed E-state index contributed by atoms with van der Waals surface area (Å²) in [5.41, 5.74) is 1.03. The van der Waals surface area contributed by atoms with Gasteiger partial charge in [-0.25, -0.2) is 0 Å². The van der Waals surface area contributed by atoms with Gasteiger partial charge in [0.05, 0.1) is 10.6 Å². The van der Waals surface area contributed by atoms with Crippen LogP contribution in [0, 0.1) is 0 Å². The third-order valence-electron chi connectivity index (χ3n) is 3.49. The number of amides is 1. The Morgan fingerprint density at radius 2 is 1.67 bits per heavy atom. The minimum atomic E-state index is -0.388. The highest BCUT2D eigenvalue weighted by molar-refractivity contribution is 7.80. The number of rotatable bonds is 2. The lowest BCUT2D eigenvalue weighted by atomic mass is 10.1. The number of thiocarbonyl (C=S) groups is 1. The van der Waals surface area contributed by atoms with E-state index in [9.17, 15) is 9.90 Å². The number of halogens is 1. The zero-order valence-electron chi connectivity index (χ0n) is 12.4. The Hall–Kier alpha value is -2.63. The van der Waals surface area contributed by atoms with E-state index >= 15 is 0 Å². The quantitative estimate of drug-likeness (QED) is 0.598. The molecule has 0 aliphatic rings. The van der Waals surface area contributed by atoms with E-state index in [1.165, 1.54) is 0 Å². The van der Waals surface area contributed by atoms with E-state index in [1.54, 1.807) is 48.5 Å². The van der Waals surface area contributed by atoms with Crippen molar-refractivity contribution in [3.05, 3.63) is 71.2 Å². The number of hydrogen-bond acceptors (Lipinski definition) is 3. The maximum atomic E-state index is 12.2. The van der Waals surface area contributed by atoms with Crippen LogP contribution in [0.25, 0.3) is 10.8 Å². The van der Waals surface area contributed by atoms with Gasteiger partial charge in [-0.05, 0) is 36.5 Å². The zero-order valence-corrected chi connectivity index (χ0v) is 14.0. The van der Waals surface area contributed by atoms with Crippen molar-refractivity contribution in [3.8, 4) is 5.75 Å². The summed E-state index contributed by atoms with van der Waals surface area (Å²) >= 11 is 11.2. The Morgan fingerprint density at radius 3 is 2.46 bits per heavy atom. The van der Waals surface area contributed by atoms with Gasteiger partial charge in [-0.15, -0.1) is 0 Å². The first-order valence-electron chi connectivity index (χ1n) is 7.14. The highest BCUT2D eigenvalue weighted by Gasteiger charge is 2.12. The fraction of sp³-hybridized carbons (Fsp3) is 0. The highest BCUT2D eigenvalue weighted by atomic mass is 35.5. The van der Waals surface area contributed by atoms with Crippen molar-refractivity contribution < 1.29 is 9.90 Å². The molecule has 0 aliphatic heterocycles. The normalized spacial score (nSPS) is 10.4. The summed E-state index contributed by atoms with van der Waals surface area (Å²) in [4.78, 5) is 12.2. The molecule has 0 bridgehead atoms. The number of anilines is 1. The second kappa shape index (κ2) is 6.86. The van der Waals surface area contributed by atoms with Crippen molar-refractivity contribution in [2.24, 2.45) is 0 Å². The minimum Gasteiger partial charge on any atom is -0.507 e. The number of fused-ring (bicyclic) bond motifs is 1. The van der Waals surface area contributed by atoms with E-state index in [1.807, 2.05) is 12.1 Å². The van der Waals surface area contributed by atoms with Gasteiger partial charge in [0.1, 0.15) is 5.75 Å². The van der Waals surface area contributed by atoms with E-state index in [2.05, 4.69) is 10.6 Å². The van der Waals surface area contributed by atoms with Gasteiger partial charge >= 0.3 is 0 Å². The molecule has 3 aromatic carbocycles. The van der Waals surface area contributed by atoms with Crippen LogP contribution in [0.3, 0.4) is 0 Å². The molecule has 0 aliphatic carbocycles. The lowest BCUT2D eigenvalue weighted by molar-refractivity contribution is 0.0978. The molecule has 0 unspecified atom stereocenters. The second-order valence-electron chi connectivity index (χ2n) is 5.07. The number of benzene rings is 3. The van der Waals surface area contributed by atoms with Crippen molar-refractivity contribution >= 4 is 51.3 Å². The molecule has 0 radical (unpaired) electrons. The monoisotopic (exact) mass is 356 g/mol. The van der Waals surface area contributed by atoms with Crippen molar-refractivity contribution in [2.75, 3.05) is 5.32 Å². The highest BCUT2D eigenvalue weighted by Crippen LogP contribution is 2.29. The van der Waals surface area contributed by atoms with Crippen molar-refractivity contribution in [1.29, 1.82) is 0 Å². The Labute approximate surface area is 149 Å². The summed E-state index contributed by atoms with van der Waals surface area (Å²) in [5.74, 6) is -0.205. The molecule has 0 aromatic heterocycles. The number of carbonyl (C=O) groups is 1. The Kier molecular flexibility index (Phi) is 4.64. The van der Waals surface area contributed by atoms with E-state index in [0.717, 1.165) is 5.39 Å². The second-order valence-corrected chi connectivity index (χ2v) is 5.88. The first-order chi connectivity index (χ1) is 11.6. The maximum absolute atomic E-state index is 12.2. The minimum absolute atomic E-state index is 0.149. The number of carbonyl (C=O) groups excluding carboxylic acids is 1. The van der Waals surface area contributed by atoms with Gasteiger partial charge in [0, 0.05) is 16.5 Å². The summed E-state index contributed by atoms with van der Waals surface area (Å²) in [6, 6.07) is 17.4. The van der Waals surface area contributed by atoms with E-state index in [-0.39, 0.29) is 16.8 Å². The lowest BCUT2D eigenvalue weighted by Gasteiger charge is -2.12. The largest absolute Gasteiger partial charge is 0.507 e. The molecule has 3 N–H and O–H groups in total. The molecule has 0 spiro atoms. The average molecular weight is 357 g/mol. The van der Waals surface area contributed by atoms with Gasteiger partial charge in [-0.1, -0.05) is 48.0 Å². The van der Waals surface area contributed by atoms with Crippen LogP contribution in [-0.2, 0) is 0 Å². The van der Waals surface area contributed by atoms with Crippen molar-refractivity contribution in [3.63, 3.8) is 0 Å². The van der Waals surface area contributed by atoms with Crippen molar-refractivity contribution in [2.45, 2.75) is 0 Å². The molecule has 3 rings (SSSR count). The topological polar surface area (TPSA) is 61.4 Å². The van der Waals surface area contributed by atoms with Gasteiger partial charge in [0.25, 0.3) is 5.91 Å². The molecule has 0 atom stereocenters. The number of phenolic OH excluding ortho intramolecular Hbond substituents is 1. The molecule has 0 heterocycles. The van der Waals surface area contributed by atoms with E-state index in [0.29, 0.717) is 21.7 Å². The van der Waals surface area contributed by atoms with Crippen LogP contribution in [0.2, 0.25) is 5.02 Å². The Balaban J connectivity index is 1.80. The maximum Gasteiger partial charge on any atom is 0.258 e. The Bertz CT molecular complexity index is 943. The third-order valence-corrected chi connectivity index (χ3v) is 4.03. The zero-order chi connectivity index (χ0) is 17.1. The predicted octanol–water partition coefficient (Wildman–Crippen LogP) is 4.33. The van der Waals surface area contributed by atoms with Crippen LogP contribution in [0.15, 0.2) is 60.7 Å². The first kappa shape index (κ1) is 16.2. The molecule has 24 heavy (non-hydrogen) atoms. The van der Waals surface area contributed by atoms with E-state index in [4.69, 9.17) is 23.8 Å². The van der Waals surface area contributed by atoms with Gasteiger partial charge < -0.3 is 10.4 Å². The summed E-state index contributed by atoms with van der Waals surface area (Å²) in [6.45, 7) is 0. The third kappa shape index (κ3) is 3.32. The molecule has 0 fully saturated rings. The van der Waals surface area contributed by atoms with Crippen molar-refractivity contribution in [1.82, 2.24) is 5.32 Å². The summed E-state index contributed by atoms with van der Waals surface area (Å²) in [6.07, 6.45) is 0. The predicted molar refractivity (Wildman–Crippen MR) is 101 cm³/mol. The number of hydrogen-bond donors (Lipinski definition) is 3. The van der Waals surface area contributed by atoms with Gasteiger partial charge in [0.15, 0.2) is 5.11 Å².